The zero-order valence-electron chi connectivity index (χ0n) is 13.1. The van der Waals surface area contributed by atoms with E-state index in [4.69, 9.17) is 17.3 Å². The molecule has 1 aromatic heterocycles. The van der Waals surface area contributed by atoms with Gasteiger partial charge < -0.3 is 11.1 Å². The quantitative estimate of drug-likeness (QED) is 0.823. The summed E-state index contributed by atoms with van der Waals surface area (Å²) in [6.45, 7) is 3.74. The Hall–Kier alpha value is -1.85. The molecule has 0 radical (unpaired) electrons. The van der Waals surface area contributed by atoms with Crippen molar-refractivity contribution in [2.75, 3.05) is 5.32 Å². The molecular weight excluding hydrogens is 332 g/mol. The first-order valence-electron chi connectivity index (χ1n) is 7.32. The molecule has 2 amide bonds. The normalized spacial score (nSPS) is 10.6. The Morgan fingerprint density at radius 3 is 2.48 bits per heavy atom. The third kappa shape index (κ3) is 4.56. The lowest BCUT2D eigenvalue weighted by Gasteiger charge is -2.05. The molecule has 0 aliphatic rings. The van der Waals surface area contributed by atoms with Gasteiger partial charge in [-0.1, -0.05) is 23.7 Å². The minimum absolute atomic E-state index is 0.109. The van der Waals surface area contributed by atoms with Gasteiger partial charge in [0, 0.05) is 16.3 Å². The Kier molecular flexibility index (Phi) is 5.80. The van der Waals surface area contributed by atoms with Crippen molar-refractivity contribution in [2.24, 2.45) is 5.73 Å². The van der Waals surface area contributed by atoms with Gasteiger partial charge in [-0.2, -0.15) is 0 Å². The highest BCUT2D eigenvalue weighted by Gasteiger charge is 2.18. The Morgan fingerprint density at radius 1 is 1.22 bits per heavy atom. The van der Waals surface area contributed by atoms with E-state index in [1.54, 1.807) is 0 Å². The molecule has 4 nitrogen and oxygen atoms in total. The minimum atomic E-state index is -0.511. The number of amides is 2. The summed E-state index contributed by atoms with van der Waals surface area (Å²) in [5.74, 6) is -0.619. The lowest BCUT2D eigenvalue weighted by Crippen LogP contribution is -2.17. The number of halogens is 1. The summed E-state index contributed by atoms with van der Waals surface area (Å²) in [5.41, 5.74) is 7.79. The van der Waals surface area contributed by atoms with E-state index in [-0.39, 0.29) is 5.91 Å². The number of aryl methyl sites for hydroxylation is 2. The van der Waals surface area contributed by atoms with Crippen molar-refractivity contribution in [3.05, 3.63) is 50.9 Å². The lowest BCUT2D eigenvalue weighted by atomic mass is 10.1. The second-order valence-electron chi connectivity index (χ2n) is 5.38. The van der Waals surface area contributed by atoms with Gasteiger partial charge in [-0.05, 0) is 49.9 Å². The van der Waals surface area contributed by atoms with Crippen LogP contribution in [-0.2, 0) is 11.2 Å². The summed E-state index contributed by atoms with van der Waals surface area (Å²) in [6.07, 6.45) is 1.91. The topological polar surface area (TPSA) is 72.2 Å². The fraction of sp³-hybridized carbons (Fsp3) is 0.294. The van der Waals surface area contributed by atoms with E-state index in [9.17, 15) is 9.59 Å². The van der Waals surface area contributed by atoms with Crippen LogP contribution in [0.1, 0.15) is 39.2 Å². The van der Waals surface area contributed by atoms with Crippen molar-refractivity contribution < 1.29 is 9.59 Å². The number of thiophene rings is 1. The van der Waals surface area contributed by atoms with E-state index in [2.05, 4.69) is 5.32 Å². The number of rotatable bonds is 6. The van der Waals surface area contributed by atoms with Crippen LogP contribution >= 0.6 is 22.9 Å². The van der Waals surface area contributed by atoms with Crippen LogP contribution in [0.15, 0.2) is 24.3 Å². The maximum atomic E-state index is 12.1. The van der Waals surface area contributed by atoms with Gasteiger partial charge in [0.05, 0.1) is 5.56 Å². The summed E-state index contributed by atoms with van der Waals surface area (Å²) in [6, 6.07) is 7.59. The zero-order valence-corrected chi connectivity index (χ0v) is 14.7. The fourth-order valence-electron chi connectivity index (χ4n) is 2.30. The Balaban J connectivity index is 1.91. The predicted octanol–water partition coefficient (Wildman–Crippen LogP) is 4.08. The van der Waals surface area contributed by atoms with Crippen LogP contribution in [0, 0.1) is 13.8 Å². The van der Waals surface area contributed by atoms with Gasteiger partial charge >= 0.3 is 0 Å². The number of nitrogens with two attached hydrogens (primary N) is 1. The first-order valence-corrected chi connectivity index (χ1v) is 8.52. The van der Waals surface area contributed by atoms with E-state index in [1.165, 1.54) is 11.3 Å². The predicted molar refractivity (Wildman–Crippen MR) is 95.3 cm³/mol. The van der Waals surface area contributed by atoms with Crippen molar-refractivity contribution in [3.63, 3.8) is 0 Å². The molecular formula is C17H19ClN2O2S. The van der Waals surface area contributed by atoms with E-state index in [1.807, 2.05) is 38.1 Å². The summed E-state index contributed by atoms with van der Waals surface area (Å²) in [4.78, 5) is 24.6. The van der Waals surface area contributed by atoms with Gasteiger partial charge in [0.2, 0.25) is 5.91 Å². The van der Waals surface area contributed by atoms with Crippen LogP contribution in [0.2, 0.25) is 5.02 Å². The van der Waals surface area contributed by atoms with Crippen LogP contribution < -0.4 is 11.1 Å². The van der Waals surface area contributed by atoms with Crippen LogP contribution in [0.25, 0.3) is 0 Å². The van der Waals surface area contributed by atoms with Crippen molar-refractivity contribution in [1.29, 1.82) is 0 Å². The van der Waals surface area contributed by atoms with Crippen LogP contribution in [0.5, 0.6) is 0 Å². The second-order valence-corrected chi connectivity index (χ2v) is 7.04. The third-order valence-electron chi connectivity index (χ3n) is 3.67. The molecule has 0 unspecified atom stereocenters. The molecule has 122 valence electrons. The average molecular weight is 351 g/mol. The maximum Gasteiger partial charge on any atom is 0.251 e. The molecule has 6 heteroatoms. The lowest BCUT2D eigenvalue weighted by molar-refractivity contribution is -0.116. The molecule has 23 heavy (non-hydrogen) atoms. The van der Waals surface area contributed by atoms with E-state index in [0.29, 0.717) is 22.0 Å². The van der Waals surface area contributed by atoms with Crippen LogP contribution in [0.3, 0.4) is 0 Å². The number of hydrogen-bond acceptors (Lipinski definition) is 3. The van der Waals surface area contributed by atoms with E-state index in [0.717, 1.165) is 28.8 Å². The summed E-state index contributed by atoms with van der Waals surface area (Å²) in [5, 5.41) is 4.05. The molecule has 0 saturated heterocycles. The highest BCUT2D eigenvalue weighted by Crippen LogP contribution is 2.32. The largest absolute Gasteiger partial charge is 0.365 e. The molecule has 1 heterocycles. The van der Waals surface area contributed by atoms with E-state index >= 15 is 0 Å². The molecule has 0 fully saturated rings. The Labute approximate surface area is 144 Å². The number of benzene rings is 1. The number of anilines is 1. The molecule has 0 aliphatic carbocycles. The monoisotopic (exact) mass is 350 g/mol. The fourth-order valence-corrected chi connectivity index (χ4v) is 3.51. The first kappa shape index (κ1) is 17.5. The standard InChI is InChI=1S/C17H19ClN2O2S/c1-10-11(2)23-17(15(10)16(19)22)20-14(21)5-3-4-12-6-8-13(18)9-7-12/h6-9H,3-5H2,1-2H3,(H2,19,22)(H,20,21). The average Bonchev–Trinajstić information content (AvgIpc) is 2.75. The van der Waals surface area contributed by atoms with Gasteiger partial charge in [-0.15, -0.1) is 11.3 Å². The number of hydrogen-bond donors (Lipinski definition) is 2. The van der Waals surface area contributed by atoms with Gasteiger partial charge in [-0.25, -0.2) is 0 Å². The molecule has 1 aromatic carbocycles. The second kappa shape index (κ2) is 7.62. The molecule has 2 rings (SSSR count). The SMILES string of the molecule is Cc1sc(NC(=O)CCCc2ccc(Cl)cc2)c(C(N)=O)c1C. The minimum Gasteiger partial charge on any atom is -0.365 e. The van der Waals surface area contributed by atoms with Crippen molar-refractivity contribution in [1.82, 2.24) is 0 Å². The smallest absolute Gasteiger partial charge is 0.251 e. The molecule has 0 saturated carbocycles. The molecule has 0 aliphatic heterocycles. The first-order chi connectivity index (χ1) is 10.9. The van der Waals surface area contributed by atoms with Crippen LogP contribution in [-0.4, -0.2) is 11.8 Å². The van der Waals surface area contributed by atoms with E-state index < -0.39 is 5.91 Å². The maximum absolute atomic E-state index is 12.1. The zero-order chi connectivity index (χ0) is 17.0. The summed E-state index contributed by atoms with van der Waals surface area (Å²) in [7, 11) is 0. The highest BCUT2D eigenvalue weighted by molar-refractivity contribution is 7.16. The van der Waals surface area contributed by atoms with Gasteiger partial charge in [0.25, 0.3) is 5.91 Å². The molecule has 0 spiro atoms. The Bertz CT molecular complexity index is 723. The molecule has 0 atom stereocenters. The van der Waals surface area contributed by atoms with Gasteiger partial charge in [0.15, 0.2) is 0 Å². The third-order valence-corrected chi connectivity index (χ3v) is 5.04. The summed E-state index contributed by atoms with van der Waals surface area (Å²) >= 11 is 7.22. The molecule has 3 N–H and O–H groups in total. The molecule has 0 bridgehead atoms. The number of primary amides is 1. The highest BCUT2D eigenvalue weighted by atomic mass is 35.5. The van der Waals surface area contributed by atoms with Gasteiger partial charge in [-0.3, -0.25) is 9.59 Å². The molecule has 2 aromatic rings. The van der Waals surface area contributed by atoms with Crippen LogP contribution in [0.4, 0.5) is 5.00 Å². The van der Waals surface area contributed by atoms with Crippen molar-refractivity contribution in [3.8, 4) is 0 Å². The van der Waals surface area contributed by atoms with Crippen molar-refractivity contribution in [2.45, 2.75) is 33.1 Å². The number of nitrogens with one attached hydrogen (secondary N) is 1. The van der Waals surface area contributed by atoms with Gasteiger partial charge in [0.1, 0.15) is 5.00 Å². The number of carbonyl (C=O) groups is 2. The van der Waals surface area contributed by atoms with Crippen molar-refractivity contribution >= 4 is 39.8 Å². The number of carbonyl (C=O) groups excluding carboxylic acids is 2. The Morgan fingerprint density at radius 2 is 1.87 bits per heavy atom. The summed E-state index contributed by atoms with van der Waals surface area (Å²) < 4.78 is 0.